The fourth-order valence-electron chi connectivity index (χ4n) is 2.43. The Bertz CT molecular complexity index is 520. The third-order valence-electron chi connectivity index (χ3n) is 3.86. The first-order chi connectivity index (χ1) is 9.35. The molecule has 1 aromatic rings. The van der Waals surface area contributed by atoms with Crippen LogP contribution in [0.1, 0.15) is 38.8 Å². The second-order valence-corrected chi connectivity index (χ2v) is 5.89. The highest BCUT2D eigenvalue weighted by Crippen LogP contribution is 2.20. The van der Waals surface area contributed by atoms with Gasteiger partial charge in [0.25, 0.3) is 0 Å². The lowest BCUT2D eigenvalue weighted by Gasteiger charge is -2.41. The van der Waals surface area contributed by atoms with Gasteiger partial charge >= 0.3 is 0 Å². The molecule has 1 aromatic carbocycles. The third-order valence-corrected chi connectivity index (χ3v) is 3.86. The standard InChI is InChI=1S/C16H22N2O2/c1-5-12-6-8-13(9-7-12)10-18-11(2)14(19)17-16(3,4)15(18)20/h6-9,11H,5,10H2,1-4H3,(H,17,19). The minimum absolute atomic E-state index is 0.0378. The molecule has 0 bridgehead atoms. The summed E-state index contributed by atoms with van der Waals surface area (Å²) in [4.78, 5) is 26.0. The highest BCUT2D eigenvalue weighted by molar-refractivity contribution is 5.99. The molecule has 0 aromatic heterocycles. The van der Waals surface area contributed by atoms with Gasteiger partial charge in [0.1, 0.15) is 11.6 Å². The Morgan fingerprint density at radius 2 is 1.70 bits per heavy atom. The number of amides is 2. The summed E-state index contributed by atoms with van der Waals surface area (Å²) >= 11 is 0. The molecule has 2 amide bonds. The van der Waals surface area contributed by atoms with Gasteiger partial charge in [-0.05, 0) is 38.3 Å². The van der Waals surface area contributed by atoms with Crippen LogP contribution in [0, 0.1) is 0 Å². The number of benzene rings is 1. The first-order valence-electron chi connectivity index (χ1n) is 7.06. The maximum Gasteiger partial charge on any atom is 0.248 e. The minimum Gasteiger partial charge on any atom is -0.340 e. The van der Waals surface area contributed by atoms with Gasteiger partial charge in [-0.15, -0.1) is 0 Å². The van der Waals surface area contributed by atoms with Crippen LogP contribution in [0.4, 0.5) is 0 Å². The normalized spacial score (nSPS) is 21.8. The average molecular weight is 274 g/mol. The Kier molecular flexibility index (Phi) is 3.84. The van der Waals surface area contributed by atoms with E-state index in [0.29, 0.717) is 6.54 Å². The highest BCUT2D eigenvalue weighted by atomic mass is 16.2. The lowest BCUT2D eigenvalue weighted by Crippen LogP contribution is -2.66. The van der Waals surface area contributed by atoms with Crippen molar-refractivity contribution in [3.8, 4) is 0 Å². The molecule has 1 saturated heterocycles. The van der Waals surface area contributed by atoms with Gasteiger partial charge in [-0.3, -0.25) is 9.59 Å². The molecule has 108 valence electrons. The van der Waals surface area contributed by atoms with Crippen molar-refractivity contribution in [3.05, 3.63) is 35.4 Å². The zero-order valence-electron chi connectivity index (χ0n) is 12.6. The van der Waals surface area contributed by atoms with Gasteiger partial charge in [0.2, 0.25) is 11.8 Å². The van der Waals surface area contributed by atoms with E-state index in [-0.39, 0.29) is 11.8 Å². The van der Waals surface area contributed by atoms with Gasteiger partial charge < -0.3 is 10.2 Å². The summed E-state index contributed by atoms with van der Waals surface area (Å²) in [5, 5.41) is 2.76. The molecule has 0 aliphatic carbocycles. The Morgan fingerprint density at radius 1 is 1.15 bits per heavy atom. The van der Waals surface area contributed by atoms with Crippen LogP contribution in [-0.4, -0.2) is 28.3 Å². The van der Waals surface area contributed by atoms with Crippen LogP contribution < -0.4 is 5.32 Å². The van der Waals surface area contributed by atoms with E-state index in [1.807, 2.05) is 12.1 Å². The fourth-order valence-corrected chi connectivity index (χ4v) is 2.43. The molecule has 2 rings (SSSR count). The largest absolute Gasteiger partial charge is 0.340 e. The van der Waals surface area contributed by atoms with E-state index in [9.17, 15) is 9.59 Å². The van der Waals surface area contributed by atoms with Crippen LogP contribution in [-0.2, 0) is 22.6 Å². The molecule has 20 heavy (non-hydrogen) atoms. The van der Waals surface area contributed by atoms with Crippen molar-refractivity contribution in [1.29, 1.82) is 0 Å². The predicted molar refractivity (Wildman–Crippen MR) is 78.1 cm³/mol. The van der Waals surface area contributed by atoms with Gasteiger partial charge in [0.05, 0.1) is 0 Å². The first kappa shape index (κ1) is 14.6. The van der Waals surface area contributed by atoms with Gasteiger partial charge in [-0.1, -0.05) is 31.2 Å². The van der Waals surface area contributed by atoms with E-state index in [4.69, 9.17) is 0 Å². The number of hydrogen-bond acceptors (Lipinski definition) is 2. The number of hydrogen-bond donors (Lipinski definition) is 1. The van der Waals surface area contributed by atoms with Gasteiger partial charge in [0.15, 0.2) is 0 Å². The summed E-state index contributed by atoms with van der Waals surface area (Å²) in [5.74, 6) is -0.135. The van der Waals surface area contributed by atoms with E-state index in [1.54, 1.807) is 25.7 Å². The summed E-state index contributed by atoms with van der Waals surface area (Å²) in [6.45, 7) is 7.83. The van der Waals surface area contributed by atoms with Crippen molar-refractivity contribution < 1.29 is 9.59 Å². The van der Waals surface area contributed by atoms with E-state index in [0.717, 1.165) is 12.0 Å². The number of nitrogens with one attached hydrogen (secondary N) is 1. The molecule has 1 heterocycles. The monoisotopic (exact) mass is 274 g/mol. The van der Waals surface area contributed by atoms with Crippen LogP contribution in [0.3, 0.4) is 0 Å². The Labute approximate surface area is 120 Å². The van der Waals surface area contributed by atoms with Crippen molar-refractivity contribution in [3.63, 3.8) is 0 Å². The Hall–Kier alpha value is -1.84. The molecule has 0 saturated carbocycles. The van der Waals surface area contributed by atoms with E-state index in [1.165, 1.54) is 5.56 Å². The molecule has 0 radical (unpaired) electrons. The average Bonchev–Trinajstić information content (AvgIpc) is 2.42. The maximum atomic E-state index is 12.4. The number of carbonyl (C=O) groups excluding carboxylic acids is 2. The lowest BCUT2D eigenvalue weighted by molar-refractivity contribution is -0.153. The second kappa shape index (κ2) is 5.27. The lowest BCUT2D eigenvalue weighted by atomic mass is 9.96. The quantitative estimate of drug-likeness (QED) is 0.915. The zero-order chi connectivity index (χ0) is 14.9. The number of piperazine rings is 1. The predicted octanol–water partition coefficient (Wildman–Crippen LogP) is 1.87. The summed E-state index contributed by atoms with van der Waals surface area (Å²) < 4.78 is 0. The van der Waals surface area contributed by atoms with Crippen LogP contribution in [0.25, 0.3) is 0 Å². The van der Waals surface area contributed by atoms with E-state index in [2.05, 4.69) is 24.4 Å². The highest BCUT2D eigenvalue weighted by Gasteiger charge is 2.43. The van der Waals surface area contributed by atoms with Gasteiger partial charge in [0, 0.05) is 6.54 Å². The number of nitrogens with zero attached hydrogens (tertiary/aromatic N) is 1. The molecule has 4 nitrogen and oxygen atoms in total. The first-order valence-corrected chi connectivity index (χ1v) is 7.06. The van der Waals surface area contributed by atoms with Gasteiger partial charge in [-0.2, -0.15) is 0 Å². The number of aryl methyl sites for hydroxylation is 1. The molecular formula is C16H22N2O2. The molecular weight excluding hydrogens is 252 g/mol. The number of carbonyl (C=O) groups is 2. The molecule has 1 fully saturated rings. The van der Waals surface area contributed by atoms with Crippen LogP contribution in [0.2, 0.25) is 0 Å². The summed E-state index contributed by atoms with van der Waals surface area (Å²) in [6, 6.07) is 7.76. The van der Waals surface area contributed by atoms with Crippen molar-refractivity contribution in [2.24, 2.45) is 0 Å². The van der Waals surface area contributed by atoms with Crippen LogP contribution in [0.15, 0.2) is 24.3 Å². The summed E-state index contributed by atoms with van der Waals surface area (Å²) in [5.41, 5.74) is 1.49. The van der Waals surface area contributed by atoms with E-state index < -0.39 is 11.6 Å². The summed E-state index contributed by atoms with van der Waals surface area (Å²) in [7, 11) is 0. The zero-order valence-corrected chi connectivity index (χ0v) is 12.6. The molecule has 1 atom stereocenters. The Morgan fingerprint density at radius 3 is 2.25 bits per heavy atom. The minimum atomic E-state index is -0.826. The third kappa shape index (κ3) is 2.69. The fraction of sp³-hybridized carbons (Fsp3) is 0.500. The van der Waals surface area contributed by atoms with Crippen LogP contribution in [0.5, 0.6) is 0 Å². The molecule has 1 aliphatic heterocycles. The van der Waals surface area contributed by atoms with E-state index >= 15 is 0 Å². The van der Waals surface area contributed by atoms with Crippen molar-refractivity contribution >= 4 is 11.8 Å². The van der Waals surface area contributed by atoms with Crippen molar-refractivity contribution in [1.82, 2.24) is 10.2 Å². The van der Waals surface area contributed by atoms with Gasteiger partial charge in [-0.25, -0.2) is 0 Å². The maximum absolute atomic E-state index is 12.4. The second-order valence-electron chi connectivity index (χ2n) is 5.89. The molecule has 1 unspecified atom stereocenters. The summed E-state index contributed by atoms with van der Waals surface area (Å²) in [6.07, 6.45) is 0.995. The van der Waals surface area contributed by atoms with Crippen molar-refractivity contribution in [2.45, 2.75) is 52.2 Å². The van der Waals surface area contributed by atoms with Crippen LogP contribution >= 0.6 is 0 Å². The topological polar surface area (TPSA) is 49.4 Å². The molecule has 1 N–H and O–H groups in total. The molecule has 0 spiro atoms. The van der Waals surface area contributed by atoms with Crippen molar-refractivity contribution in [2.75, 3.05) is 0 Å². The SMILES string of the molecule is CCc1ccc(CN2C(=O)C(C)(C)NC(=O)C2C)cc1. The Balaban J connectivity index is 2.20. The molecule has 4 heteroatoms. The smallest absolute Gasteiger partial charge is 0.248 e. The molecule has 1 aliphatic rings. The number of rotatable bonds is 3.